The lowest BCUT2D eigenvalue weighted by molar-refractivity contribution is 0.0904. The number of methoxy groups -OCH3 is 1. The van der Waals surface area contributed by atoms with Crippen molar-refractivity contribution < 1.29 is 19.1 Å². The zero-order valence-electron chi connectivity index (χ0n) is 14.0. The molecule has 1 aromatic heterocycles. The van der Waals surface area contributed by atoms with E-state index in [1.807, 2.05) is 0 Å². The van der Waals surface area contributed by atoms with Gasteiger partial charge in [-0.2, -0.15) is 0 Å². The van der Waals surface area contributed by atoms with E-state index in [1.54, 1.807) is 31.2 Å². The van der Waals surface area contributed by atoms with E-state index in [2.05, 4.69) is 0 Å². The minimum absolute atomic E-state index is 0.102. The van der Waals surface area contributed by atoms with E-state index >= 15 is 0 Å². The van der Waals surface area contributed by atoms with Crippen LogP contribution in [0.25, 0.3) is 0 Å². The minimum atomic E-state index is -0.829. The molecule has 0 bridgehead atoms. The first kappa shape index (κ1) is 17.4. The average molecular weight is 330 g/mol. The van der Waals surface area contributed by atoms with Gasteiger partial charge in [0.2, 0.25) is 17.6 Å². The number of carbonyl (C=O) groups is 3. The average Bonchev–Trinajstić information content (AvgIpc) is 2.86. The monoisotopic (exact) mass is 330 g/mol. The Kier molecular flexibility index (Phi) is 4.82. The molecule has 1 heterocycles. The topological polar surface area (TPSA) is 87.4 Å². The van der Waals surface area contributed by atoms with Crippen molar-refractivity contribution in [3.63, 3.8) is 0 Å². The predicted molar refractivity (Wildman–Crippen MR) is 87.1 cm³/mol. The number of carbonyl (C=O) groups excluding carboxylic acids is 3. The SMILES string of the molecule is CCc1c(C(=O)c2ccccc2OC)n(C(C)=O)c(=O)n1C(C)=O. The van der Waals surface area contributed by atoms with Crippen LogP contribution in [0.2, 0.25) is 0 Å². The Hall–Kier alpha value is -2.96. The Labute approximate surface area is 138 Å². The Balaban J connectivity index is 2.85. The molecule has 24 heavy (non-hydrogen) atoms. The van der Waals surface area contributed by atoms with Crippen LogP contribution in [-0.4, -0.2) is 33.8 Å². The largest absolute Gasteiger partial charge is 0.496 e. The van der Waals surface area contributed by atoms with Crippen LogP contribution < -0.4 is 10.4 Å². The Morgan fingerprint density at radius 1 is 1.04 bits per heavy atom. The van der Waals surface area contributed by atoms with Gasteiger partial charge in [-0.3, -0.25) is 14.4 Å². The Morgan fingerprint density at radius 3 is 2.12 bits per heavy atom. The van der Waals surface area contributed by atoms with E-state index in [-0.39, 0.29) is 23.4 Å². The number of ketones is 1. The fourth-order valence-electron chi connectivity index (χ4n) is 2.68. The molecule has 2 rings (SSSR count). The summed E-state index contributed by atoms with van der Waals surface area (Å²) < 4.78 is 6.79. The summed E-state index contributed by atoms with van der Waals surface area (Å²) in [6, 6.07) is 6.51. The molecule has 0 aliphatic carbocycles. The maximum absolute atomic E-state index is 13.0. The van der Waals surface area contributed by atoms with Crippen LogP contribution >= 0.6 is 0 Å². The molecule has 0 fully saturated rings. The van der Waals surface area contributed by atoms with Gasteiger partial charge in [0.1, 0.15) is 11.4 Å². The van der Waals surface area contributed by atoms with E-state index in [4.69, 9.17) is 4.74 Å². The molecule has 0 aliphatic rings. The molecule has 1 aromatic carbocycles. The molecule has 0 unspecified atom stereocenters. The van der Waals surface area contributed by atoms with Crippen molar-refractivity contribution in [1.82, 2.24) is 9.13 Å². The lowest BCUT2D eigenvalue weighted by Gasteiger charge is -2.09. The first-order valence-electron chi connectivity index (χ1n) is 7.41. The highest BCUT2D eigenvalue weighted by Crippen LogP contribution is 2.23. The van der Waals surface area contributed by atoms with Crippen LogP contribution in [0.15, 0.2) is 29.1 Å². The third-order valence-corrected chi connectivity index (χ3v) is 3.68. The van der Waals surface area contributed by atoms with Gasteiger partial charge in [0.05, 0.1) is 18.4 Å². The summed E-state index contributed by atoms with van der Waals surface area (Å²) in [6.07, 6.45) is 0.241. The van der Waals surface area contributed by atoms with Gasteiger partial charge < -0.3 is 4.74 Å². The number of imidazole rings is 1. The molecule has 0 atom stereocenters. The number of benzene rings is 1. The van der Waals surface area contributed by atoms with Gasteiger partial charge in [-0.25, -0.2) is 13.9 Å². The zero-order valence-corrected chi connectivity index (χ0v) is 14.0. The summed E-state index contributed by atoms with van der Waals surface area (Å²) in [5.74, 6) is -1.40. The molecule has 0 saturated carbocycles. The molecule has 0 radical (unpaired) electrons. The molecular formula is C17H18N2O5. The number of nitrogens with zero attached hydrogens (tertiary/aromatic N) is 2. The number of aromatic nitrogens is 2. The first-order chi connectivity index (χ1) is 11.3. The van der Waals surface area contributed by atoms with E-state index in [0.29, 0.717) is 5.75 Å². The van der Waals surface area contributed by atoms with Crippen LogP contribution in [0.3, 0.4) is 0 Å². The Morgan fingerprint density at radius 2 is 1.62 bits per heavy atom. The summed E-state index contributed by atoms with van der Waals surface area (Å²) in [4.78, 5) is 49.2. The second kappa shape index (κ2) is 6.66. The van der Waals surface area contributed by atoms with Crippen molar-refractivity contribution in [3.8, 4) is 5.75 Å². The zero-order chi connectivity index (χ0) is 18.0. The van der Waals surface area contributed by atoms with Crippen LogP contribution in [0.4, 0.5) is 0 Å². The standard InChI is InChI=1S/C17H18N2O5/c1-5-13-15(16(22)12-8-6-7-9-14(12)24-4)19(11(3)21)17(23)18(13)10(2)20/h6-9H,5H2,1-4H3. The van der Waals surface area contributed by atoms with E-state index in [0.717, 1.165) is 9.13 Å². The minimum Gasteiger partial charge on any atom is -0.496 e. The van der Waals surface area contributed by atoms with Crippen molar-refractivity contribution in [2.24, 2.45) is 0 Å². The molecule has 0 saturated heterocycles. The number of rotatable bonds is 4. The molecule has 0 amide bonds. The molecule has 7 heteroatoms. The van der Waals surface area contributed by atoms with E-state index in [1.165, 1.54) is 21.0 Å². The summed E-state index contributed by atoms with van der Waals surface area (Å²) in [5, 5.41) is 0. The quantitative estimate of drug-likeness (QED) is 0.797. The molecule has 0 N–H and O–H groups in total. The van der Waals surface area contributed by atoms with Gasteiger partial charge in [-0.05, 0) is 18.6 Å². The highest BCUT2D eigenvalue weighted by atomic mass is 16.5. The van der Waals surface area contributed by atoms with Gasteiger partial charge in [0.15, 0.2) is 0 Å². The molecule has 2 aromatic rings. The molecular weight excluding hydrogens is 312 g/mol. The highest BCUT2D eigenvalue weighted by Gasteiger charge is 2.29. The van der Waals surface area contributed by atoms with Gasteiger partial charge in [-0.1, -0.05) is 19.1 Å². The van der Waals surface area contributed by atoms with E-state index in [9.17, 15) is 19.2 Å². The smallest absolute Gasteiger partial charge is 0.342 e. The number of hydrogen-bond acceptors (Lipinski definition) is 5. The fourth-order valence-corrected chi connectivity index (χ4v) is 2.68. The van der Waals surface area contributed by atoms with Gasteiger partial charge in [0, 0.05) is 13.8 Å². The first-order valence-corrected chi connectivity index (χ1v) is 7.41. The van der Waals surface area contributed by atoms with Crippen molar-refractivity contribution in [1.29, 1.82) is 0 Å². The predicted octanol–water partition coefficient (Wildman–Crippen LogP) is 1.77. The van der Waals surface area contributed by atoms with E-state index < -0.39 is 23.3 Å². The summed E-state index contributed by atoms with van der Waals surface area (Å²) >= 11 is 0. The second-order valence-corrected chi connectivity index (χ2v) is 5.17. The van der Waals surface area contributed by atoms with Crippen molar-refractivity contribution >= 4 is 17.6 Å². The normalized spacial score (nSPS) is 10.5. The number of para-hydroxylation sites is 1. The highest BCUT2D eigenvalue weighted by molar-refractivity contribution is 6.12. The lowest BCUT2D eigenvalue weighted by Crippen LogP contribution is -2.31. The number of hydrogen-bond donors (Lipinski definition) is 0. The molecule has 0 spiro atoms. The maximum Gasteiger partial charge on any atom is 0.342 e. The Bertz CT molecular complexity index is 889. The molecule has 126 valence electrons. The van der Waals surface area contributed by atoms with Crippen molar-refractivity contribution in [2.45, 2.75) is 27.2 Å². The van der Waals surface area contributed by atoms with Crippen LogP contribution in [-0.2, 0) is 6.42 Å². The molecule has 7 nitrogen and oxygen atoms in total. The lowest BCUT2D eigenvalue weighted by atomic mass is 10.0. The summed E-state index contributed by atoms with van der Waals surface area (Å²) in [6.45, 7) is 4.09. The van der Waals surface area contributed by atoms with Crippen LogP contribution in [0, 0.1) is 0 Å². The van der Waals surface area contributed by atoms with Gasteiger partial charge >= 0.3 is 5.69 Å². The van der Waals surface area contributed by atoms with Crippen LogP contribution in [0.5, 0.6) is 5.75 Å². The fraction of sp³-hybridized carbons (Fsp3) is 0.294. The maximum atomic E-state index is 13.0. The van der Waals surface area contributed by atoms with Gasteiger partial charge in [-0.15, -0.1) is 0 Å². The number of ether oxygens (including phenoxy) is 1. The second-order valence-electron chi connectivity index (χ2n) is 5.17. The van der Waals surface area contributed by atoms with Crippen molar-refractivity contribution in [3.05, 3.63) is 51.7 Å². The molecule has 0 aliphatic heterocycles. The summed E-state index contributed by atoms with van der Waals surface area (Å²) in [5.41, 5.74) is -0.510. The third-order valence-electron chi connectivity index (χ3n) is 3.68. The summed E-state index contributed by atoms with van der Waals surface area (Å²) in [7, 11) is 1.42. The van der Waals surface area contributed by atoms with Crippen molar-refractivity contribution in [2.75, 3.05) is 7.11 Å². The third kappa shape index (κ3) is 2.68. The van der Waals surface area contributed by atoms with Gasteiger partial charge in [0.25, 0.3) is 0 Å². The van der Waals surface area contributed by atoms with Crippen LogP contribution in [0.1, 0.15) is 52.1 Å².